The van der Waals surface area contributed by atoms with Crippen molar-refractivity contribution in [2.24, 2.45) is 0 Å². The van der Waals surface area contributed by atoms with Gasteiger partial charge in [0, 0.05) is 18.8 Å². The molecule has 0 unspecified atom stereocenters. The molecule has 0 radical (unpaired) electrons. The van der Waals surface area contributed by atoms with Crippen LogP contribution < -0.4 is 4.90 Å². The minimum atomic E-state index is 0.109. The van der Waals surface area contributed by atoms with Crippen LogP contribution in [0.15, 0.2) is 60.7 Å². The van der Waals surface area contributed by atoms with E-state index in [4.69, 9.17) is 0 Å². The van der Waals surface area contributed by atoms with Gasteiger partial charge in [-0.25, -0.2) is 0 Å². The standard InChI is InChI=1S/C26H33N3O/c1-20-11-13-24(14-12-20)19-29-22(3)17-21(2)25(29)26(30)28(16-15-27(4)5)18-23-9-7-6-8-10-23/h6-14,17H,15-16,18-19H2,1-5H3/p+1. The van der Waals surface area contributed by atoms with Crippen LogP contribution in [0.25, 0.3) is 0 Å². The largest absolute Gasteiger partial charge is 0.338 e. The Kier molecular flexibility index (Phi) is 7.11. The fourth-order valence-corrected chi connectivity index (χ4v) is 3.78. The molecule has 1 amide bonds. The highest BCUT2D eigenvalue weighted by Gasteiger charge is 2.24. The van der Waals surface area contributed by atoms with Crippen LogP contribution in [-0.2, 0) is 13.1 Å². The Labute approximate surface area is 180 Å². The number of quaternary nitrogens is 1. The van der Waals surface area contributed by atoms with Crippen LogP contribution in [0, 0.1) is 20.8 Å². The number of nitrogens with zero attached hydrogens (tertiary/aromatic N) is 2. The molecule has 3 rings (SSSR count). The maximum Gasteiger partial charge on any atom is 0.271 e. The van der Waals surface area contributed by atoms with E-state index in [9.17, 15) is 4.79 Å². The molecule has 4 nitrogen and oxygen atoms in total. The predicted octanol–water partition coefficient (Wildman–Crippen LogP) is 3.25. The number of carbonyl (C=O) groups excluding carboxylic acids is 1. The van der Waals surface area contributed by atoms with Crippen molar-refractivity contribution in [2.75, 3.05) is 27.2 Å². The number of hydrogen-bond acceptors (Lipinski definition) is 1. The Morgan fingerprint density at radius 1 is 0.933 bits per heavy atom. The second kappa shape index (κ2) is 9.77. The lowest BCUT2D eigenvalue weighted by atomic mass is 10.1. The molecule has 158 valence electrons. The SMILES string of the molecule is Cc1ccc(Cn2c(C)cc(C)c2C(=O)N(CC[NH+](C)C)Cc2ccccc2)cc1. The summed E-state index contributed by atoms with van der Waals surface area (Å²) in [6.45, 7) is 9.20. The van der Waals surface area contributed by atoms with Gasteiger partial charge in [0.05, 0.1) is 27.2 Å². The number of amides is 1. The summed E-state index contributed by atoms with van der Waals surface area (Å²) in [5, 5.41) is 0. The maximum absolute atomic E-state index is 13.8. The highest BCUT2D eigenvalue weighted by Crippen LogP contribution is 2.20. The van der Waals surface area contributed by atoms with Crippen LogP contribution in [0.3, 0.4) is 0 Å². The first kappa shape index (κ1) is 21.8. The van der Waals surface area contributed by atoms with Gasteiger partial charge in [-0.05, 0) is 43.5 Å². The second-order valence-electron chi connectivity index (χ2n) is 8.56. The molecule has 3 aromatic rings. The summed E-state index contributed by atoms with van der Waals surface area (Å²) in [6.07, 6.45) is 0. The Morgan fingerprint density at radius 3 is 2.23 bits per heavy atom. The van der Waals surface area contributed by atoms with E-state index in [1.807, 2.05) is 30.0 Å². The molecule has 0 spiro atoms. The zero-order chi connectivity index (χ0) is 21.7. The third-order valence-electron chi connectivity index (χ3n) is 5.54. The zero-order valence-corrected chi connectivity index (χ0v) is 18.9. The average Bonchev–Trinajstić information content (AvgIpc) is 3.00. The van der Waals surface area contributed by atoms with Crippen molar-refractivity contribution in [1.82, 2.24) is 9.47 Å². The fraction of sp³-hybridized carbons (Fsp3) is 0.346. The Balaban J connectivity index is 1.92. The maximum atomic E-state index is 13.8. The third kappa shape index (κ3) is 5.39. The van der Waals surface area contributed by atoms with Crippen molar-refractivity contribution in [1.29, 1.82) is 0 Å². The smallest absolute Gasteiger partial charge is 0.271 e. The van der Waals surface area contributed by atoms with Gasteiger partial charge in [0.2, 0.25) is 0 Å². The van der Waals surface area contributed by atoms with Crippen LogP contribution in [0.2, 0.25) is 0 Å². The summed E-state index contributed by atoms with van der Waals surface area (Å²) in [7, 11) is 4.25. The first-order valence-corrected chi connectivity index (χ1v) is 10.7. The van der Waals surface area contributed by atoms with Crippen LogP contribution in [-0.4, -0.2) is 42.6 Å². The van der Waals surface area contributed by atoms with E-state index < -0.39 is 0 Å². The fourth-order valence-electron chi connectivity index (χ4n) is 3.78. The first-order chi connectivity index (χ1) is 14.3. The Bertz CT molecular complexity index is 972. The normalized spacial score (nSPS) is 11.1. The van der Waals surface area contributed by atoms with Gasteiger partial charge in [0.1, 0.15) is 5.69 Å². The molecule has 2 aromatic carbocycles. The summed E-state index contributed by atoms with van der Waals surface area (Å²) in [5.74, 6) is 0.109. The lowest BCUT2D eigenvalue weighted by Gasteiger charge is -2.25. The van der Waals surface area contributed by atoms with Gasteiger partial charge in [-0.2, -0.15) is 0 Å². The van der Waals surface area contributed by atoms with Gasteiger partial charge >= 0.3 is 0 Å². The van der Waals surface area contributed by atoms with Gasteiger partial charge in [-0.1, -0.05) is 60.2 Å². The number of aryl methyl sites for hydroxylation is 3. The van der Waals surface area contributed by atoms with Gasteiger partial charge in [0.25, 0.3) is 5.91 Å². The van der Waals surface area contributed by atoms with Crippen molar-refractivity contribution in [3.63, 3.8) is 0 Å². The van der Waals surface area contributed by atoms with Crippen LogP contribution in [0.5, 0.6) is 0 Å². The van der Waals surface area contributed by atoms with Gasteiger partial charge < -0.3 is 14.4 Å². The molecule has 1 aromatic heterocycles. The zero-order valence-electron chi connectivity index (χ0n) is 18.9. The molecule has 30 heavy (non-hydrogen) atoms. The molecule has 0 aliphatic carbocycles. The van der Waals surface area contributed by atoms with E-state index in [1.54, 1.807) is 0 Å². The summed E-state index contributed by atoms with van der Waals surface area (Å²) < 4.78 is 2.17. The number of likely N-dealkylation sites (N-methyl/N-ethyl adjacent to an activating group) is 1. The summed E-state index contributed by atoms with van der Waals surface area (Å²) in [6, 6.07) is 20.9. The van der Waals surface area contributed by atoms with Gasteiger partial charge in [-0.15, -0.1) is 0 Å². The van der Waals surface area contributed by atoms with Gasteiger partial charge in [0.15, 0.2) is 0 Å². The molecule has 0 atom stereocenters. The van der Waals surface area contributed by atoms with E-state index in [0.29, 0.717) is 13.1 Å². The van der Waals surface area contributed by atoms with Crippen LogP contribution in [0.1, 0.15) is 38.4 Å². The lowest BCUT2D eigenvalue weighted by Crippen LogP contribution is -3.06. The summed E-state index contributed by atoms with van der Waals surface area (Å²) in [4.78, 5) is 17.1. The minimum absolute atomic E-state index is 0.109. The molecular weight excluding hydrogens is 370 g/mol. The third-order valence-corrected chi connectivity index (χ3v) is 5.54. The molecule has 0 saturated heterocycles. The molecule has 0 fully saturated rings. The molecule has 1 heterocycles. The monoisotopic (exact) mass is 404 g/mol. The van der Waals surface area contributed by atoms with Crippen LogP contribution >= 0.6 is 0 Å². The topological polar surface area (TPSA) is 29.7 Å². The number of carbonyl (C=O) groups is 1. The van der Waals surface area contributed by atoms with E-state index >= 15 is 0 Å². The van der Waals surface area contributed by atoms with Crippen molar-refractivity contribution in [3.8, 4) is 0 Å². The number of aromatic nitrogens is 1. The Morgan fingerprint density at radius 2 is 1.60 bits per heavy atom. The van der Waals surface area contributed by atoms with E-state index in [2.05, 4.69) is 75.0 Å². The Hall–Kier alpha value is -2.85. The number of hydrogen-bond donors (Lipinski definition) is 1. The van der Waals surface area contributed by atoms with Crippen molar-refractivity contribution < 1.29 is 9.69 Å². The molecule has 0 saturated carbocycles. The predicted molar refractivity (Wildman–Crippen MR) is 123 cm³/mol. The van der Waals surface area contributed by atoms with Crippen molar-refractivity contribution >= 4 is 5.91 Å². The van der Waals surface area contributed by atoms with Crippen LogP contribution in [0.4, 0.5) is 0 Å². The van der Waals surface area contributed by atoms with E-state index in [0.717, 1.165) is 35.6 Å². The minimum Gasteiger partial charge on any atom is -0.338 e. The lowest BCUT2D eigenvalue weighted by molar-refractivity contribution is -0.857. The number of rotatable bonds is 8. The highest BCUT2D eigenvalue weighted by molar-refractivity contribution is 5.94. The number of nitrogens with one attached hydrogen (secondary N) is 1. The summed E-state index contributed by atoms with van der Waals surface area (Å²) >= 11 is 0. The van der Waals surface area contributed by atoms with Crippen molar-refractivity contribution in [2.45, 2.75) is 33.9 Å². The molecule has 0 bridgehead atoms. The van der Waals surface area contributed by atoms with E-state index in [1.165, 1.54) is 16.0 Å². The molecule has 4 heteroatoms. The quantitative estimate of drug-likeness (QED) is 0.614. The summed E-state index contributed by atoms with van der Waals surface area (Å²) in [5.41, 5.74) is 6.58. The highest BCUT2D eigenvalue weighted by atomic mass is 16.2. The molecule has 0 aliphatic heterocycles. The molecule has 1 N–H and O–H groups in total. The van der Waals surface area contributed by atoms with E-state index in [-0.39, 0.29) is 5.91 Å². The number of benzene rings is 2. The molecule has 0 aliphatic rings. The molecular formula is C26H34N3O+. The average molecular weight is 405 g/mol. The van der Waals surface area contributed by atoms with Crippen molar-refractivity contribution in [3.05, 3.63) is 94.3 Å². The second-order valence-corrected chi connectivity index (χ2v) is 8.56. The first-order valence-electron chi connectivity index (χ1n) is 10.7. The van der Waals surface area contributed by atoms with Gasteiger partial charge in [-0.3, -0.25) is 4.79 Å².